The molecular formula is C10H16N2O2S2. The fraction of sp³-hybridized carbons (Fsp3) is 0.600. The smallest absolute Gasteiger partial charge is 0.321 e. The van der Waals surface area contributed by atoms with Gasteiger partial charge in [-0.3, -0.25) is 4.79 Å². The first-order valence-corrected chi connectivity index (χ1v) is 6.89. The molecule has 1 heterocycles. The zero-order valence-electron chi connectivity index (χ0n) is 9.56. The van der Waals surface area contributed by atoms with Crippen LogP contribution in [0.25, 0.3) is 0 Å². The summed E-state index contributed by atoms with van der Waals surface area (Å²) in [5.74, 6) is -0.310. The van der Waals surface area contributed by atoms with E-state index in [-0.39, 0.29) is 6.04 Å². The molecule has 16 heavy (non-hydrogen) atoms. The molecule has 0 aliphatic heterocycles. The van der Waals surface area contributed by atoms with E-state index in [4.69, 9.17) is 5.11 Å². The van der Waals surface area contributed by atoms with Crippen LogP contribution in [0.5, 0.6) is 0 Å². The van der Waals surface area contributed by atoms with E-state index in [1.807, 2.05) is 26.2 Å². The highest BCUT2D eigenvalue weighted by Gasteiger charge is 2.18. The average molecular weight is 260 g/mol. The van der Waals surface area contributed by atoms with E-state index in [1.165, 1.54) is 11.8 Å². The molecule has 1 aromatic heterocycles. The van der Waals surface area contributed by atoms with Crippen molar-refractivity contribution in [3.8, 4) is 0 Å². The minimum atomic E-state index is -0.811. The summed E-state index contributed by atoms with van der Waals surface area (Å²) in [5, 5.41) is 14.0. The van der Waals surface area contributed by atoms with Crippen LogP contribution in [-0.4, -0.2) is 33.9 Å². The summed E-state index contributed by atoms with van der Waals surface area (Å²) >= 11 is 3.04. The molecule has 1 unspecified atom stereocenters. The van der Waals surface area contributed by atoms with Gasteiger partial charge in [-0.2, -0.15) is 0 Å². The summed E-state index contributed by atoms with van der Waals surface area (Å²) < 4.78 is 0.925. The Morgan fingerprint density at radius 3 is 2.81 bits per heavy atom. The molecule has 90 valence electrons. The van der Waals surface area contributed by atoms with Crippen LogP contribution in [0.2, 0.25) is 0 Å². The van der Waals surface area contributed by atoms with Gasteiger partial charge in [0.1, 0.15) is 10.4 Å². The van der Waals surface area contributed by atoms with E-state index in [0.29, 0.717) is 5.75 Å². The molecule has 0 spiro atoms. The van der Waals surface area contributed by atoms with E-state index in [1.54, 1.807) is 11.3 Å². The lowest BCUT2D eigenvalue weighted by molar-refractivity contribution is -0.139. The number of thioether (sulfide) groups is 1. The number of aliphatic carboxylic acids is 1. The molecule has 1 aromatic rings. The van der Waals surface area contributed by atoms with Crippen LogP contribution in [0, 0.1) is 6.92 Å². The average Bonchev–Trinajstić information content (AvgIpc) is 2.58. The van der Waals surface area contributed by atoms with Crippen LogP contribution in [0.3, 0.4) is 0 Å². The molecule has 4 nitrogen and oxygen atoms in total. The molecule has 0 amide bonds. The lowest BCUT2D eigenvalue weighted by Crippen LogP contribution is -2.42. The third-order valence-corrected chi connectivity index (χ3v) is 4.04. The van der Waals surface area contributed by atoms with E-state index in [2.05, 4.69) is 10.3 Å². The molecule has 2 N–H and O–H groups in total. The Hall–Kier alpha value is -0.590. The number of carbonyl (C=O) groups is 1. The number of nitrogens with one attached hydrogen (secondary N) is 1. The first kappa shape index (κ1) is 13.5. The Bertz CT molecular complexity index is 352. The van der Waals surface area contributed by atoms with Crippen LogP contribution in [0.15, 0.2) is 9.72 Å². The summed E-state index contributed by atoms with van der Waals surface area (Å²) in [6, 6.07) is -0.353. The first-order chi connectivity index (χ1) is 7.49. The molecule has 0 bridgehead atoms. The third-order valence-electron chi connectivity index (χ3n) is 1.80. The Morgan fingerprint density at radius 2 is 2.38 bits per heavy atom. The topological polar surface area (TPSA) is 62.2 Å². The molecular weight excluding hydrogens is 244 g/mol. The lowest BCUT2D eigenvalue weighted by atomic mass is 10.3. The summed E-state index contributed by atoms with van der Waals surface area (Å²) in [4.78, 5) is 15.3. The molecule has 6 heteroatoms. The quantitative estimate of drug-likeness (QED) is 0.766. The zero-order valence-corrected chi connectivity index (χ0v) is 11.2. The molecule has 0 saturated carbocycles. The number of carboxylic acids is 1. The molecule has 1 atom stereocenters. The van der Waals surface area contributed by atoms with Gasteiger partial charge in [0.25, 0.3) is 0 Å². The Labute approximate surface area is 103 Å². The van der Waals surface area contributed by atoms with Crippen molar-refractivity contribution in [3.05, 3.63) is 11.1 Å². The molecule has 0 aliphatic rings. The minimum Gasteiger partial charge on any atom is -0.480 e. The van der Waals surface area contributed by atoms with Gasteiger partial charge in [0.05, 0.1) is 0 Å². The van der Waals surface area contributed by atoms with Crippen molar-refractivity contribution in [2.45, 2.75) is 37.2 Å². The predicted octanol–water partition coefficient (Wildman–Crippen LogP) is 1.99. The molecule has 0 fully saturated rings. The van der Waals surface area contributed by atoms with Gasteiger partial charge in [0.15, 0.2) is 0 Å². The standard InChI is InChI=1S/C10H16N2O2S2/c1-6(2)11-8(9(13)14)5-16-10-12-7(3)4-15-10/h4,6,8,11H,5H2,1-3H3,(H,13,14). The van der Waals surface area contributed by atoms with E-state index in [0.717, 1.165) is 10.0 Å². The van der Waals surface area contributed by atoms with Crippen LogP contribution < -0.4 is 5.32 Å². The normalized spacial score (nSPS) is 13.0. The maximum absolute atomic E-state index is 11.0. The molecule has 0 radical (unpaired) electrons. The van der Waals surface area contributed by atoms with Crippen molar-refractivity contribution < 1.29 is 9.90 Å². The zero-order chi connectivity index (χ0) is 12.1. The van der Waals surface area contributed by atoms with Crippen molar-refractivity contribution in [1.29, 1.82) is 0 Å². The Kier molecular flexibility index (Phi) is 5.24. The predicted molar refractivity (Wildman–Crippen MR) is 67.3 cm³/mol. The van der Waals surface area contributed by atoms with Crippen molar-refractivity contribution in [2.75, 3.05) is 5.75 Å². The minimum absolute atomic E-state index is 0.166. The number of aryl methyl sites for hydroxylation is 1. The molecule has 0 aliphatic carbocycles. The fourth-order valence-corrected chi connectivity index (χ4v) is 3.04. The fourth-order valence-electron chi connectivity index (χ4n) is 1.15. The first-order valence-electron chi connectivity index (χ1n) is 5.03. The van der Waals surface area contributed by atoms with Crippen molar-refractivity contribution in [3.63, 3.8) is 0 Å². The second-order valence-corrected chi connectivity index (χ2v) is 5.90. The molecule has 0 saturated heterocycles. The van der Waals surface area contributed by atoms with Crippen LogP contribution in [0.4, 0.5) is 0 Å². The maximum Gasteiger partial charge on any atom is 0.321 e. The Balaban J connectivity index is 2.46. The molecule has 1 rings (SSSR count). The monoisotopic (exact) mass is 260 g/mol. The largest absolute Gasteiger partial charge is 0.480 e. The number of rotatable bonds is 6. The van der Waals surface area contributed by atoms with Gasteiger partial charge >= 0.3 is 5.97 Å². The second kappa shape index (κ2) is 6.22. The summed E-state index contributed by atoms with van der Waals surface area (Å²) in [7, 11) is 0. The lowest BCUT2D eigenvalue weighted by Gasteiger charge is -2.15. The molecule has 0 aromatic carbocycles. The van der Waals surface area contributed by atoms with Crippen molar-refractivity contribution in [2.24, 2.45) is 0 Å². The van der Waals surface area contributed by atoms with Gasteiger partial charge in [0, 0.05) is 22.9 Å². The second-order valence-electron chi connectivity index (χ2n) is 3.78. The number of thiazole rings is 1. The van der Waals surface area contributed by atoms with E-state index >= 15 is 0 Å². The summed E-state index contributed by atoms with van der Waals surface area (Å²) in [6.07, 6.45) is 0. The van der Waals surface area contributed by atoms with Gasteiger partial charge in [-0.15, -0.1) is 11.3 Å². The number of hydrogen-bond donors (Lipinski definition) is 2. The van der Waals surface area contributed by atoms with E-state index < -0.39 is 12.0 Å². The SMILES string of the molecule is Cc1csc(SCC(NC(C)C)C(=O)O)n1. The maximum atomic E-state index is 11.0. The number of aromatic nitrogens is 1. The third kappa shape index (κ3) is 4.51. The van der Waals surface area contributed by atoms with E-state index in [9.17, 15) is 4.79 Å². The van der Waals surface area contributed by atoms with Crippen LogP contribution >= 0.6 is 23.1 Å². The van der Waals surface area contributed by atoms with Gasteiger partial charge in [0.2, 0.25) is 0 Å². The van der Waals surface area contributed by atoms with Crippen LogP contribution in [-0.2, 0) is 4.79 Å². The van der Waals surface area contributed by atoms with Gasteiger partial charge in [-0.1, -0.05) is 25.6 Å². The summed E-state index contributed by atoms with van der Waals surface area (Å²) in [5.41, 5.74) is 0.983. The highest BCUT2D eigenvalue weighted by Crippen LogP contribution is 2.22. The van der Waals surface area contributed by atoms with Crippen LogP contribution in [0.1, 0.15) is 19.5 Å². The number of carboxylic acid groups (broad SMARTS) is 1. The van der Waals surface area contributed by atoms with Crippen molar-refractivity contribution in [1.82, 2.24) is 10.3 Å². The number of nitrogens with zero attached hydrogens (tertiary/aromatic N) is 1. The van der Waals surface area contributed by atoms with Gasteiger partial charge in [-0.25, -0.2) is 4.98 Å². The van der Waals surface area contributed by atoms with Crippen molar-refractivity contribution >= 4 is 29.1 Å². The summed E-state index contributed by atoms with van der Waals surface area (Å²) in [6.45, 7) is 5.81. The number of hydrogen-bond acceptors (Lipinski definition) is 5. The highest BCUT2D eigenvalue weighted by atomic mass is 32.2. The Morgan fingerprint density at radius 1 is 1.69 bits per heavy atom. The van der Waals surface area contributed by atoms with Gasteiger partial charge in [-0.05, 0) is 6.92 Å². The van der Waals surface area contributed by atoms with Gasteiger partial charge < -0.3 is 10.4 Å². The highest BCUT2D eigenvalue weighted by molar-refractivity contribution is 8.01.